The van der Waals surface area contributed by atoms with Crippen LogP contribution in [0.4, 0.5) is 0 Å². The normalized spacial score (nSPS) is 10.7. The molecule has 0 saturated heterocycles. The van der Waals surface area contributed by atoms with Gasteiger partial charge in [-0.1, -0.05) is 6.07 Å². The van der Waals surface area contributed by atoms with E-state index < -0.39 is 5.97 Å². The van der Waals surface area contributed by atoms with Crippen LogP contribution in [0.25, 0.3) is 22.3 Å². The standard InChI is InChI=1S/C19H16O6/c1-10-16(20)13-5-4-6-14(19(21)22)18(13)25-17(10)12-8-7-11(23-2)9-15(12)24-3/h4-9H,1-3H3,(H,21,22). The molecule has 0 aliphatic heterocycles. The summed E-state index contributed by atoms with van der Waals surface area (Å²) < 4.78 is 16.4. The largest absolute Gasteiger partial charge is 0.497 e. The van der Waals surface area contributed by atoms with Crippen LogP contribution in [0.3, 0.4) is 0 Å². The van der Waals surface area contributed by atoms with E-state index >= 15 is 0 Å². The van der Waals surface area contributed by atoms with E-state index in [0.717, 1.165) is 0 Å². The zero-order valence-electron chi connectivity index (χ0n) is 14.0. The highest BCUT2D eigenvalue weighted by molar-refractivity contribution is 6.01. The lowest BCUT2D eigenvalue weighted by atomic mass is 10.0. The number of rotatable bonds is 4. The molecule has 0 amide bonds. The predicted octanol–water partition coefficient (Wildman–Crippen LogP) is 3.48. The third-order valence-electron chi connectivity index (χ3n) is 4.03. The van der Waals surface area contributed by atoms with Crippen LogP contribution in [0.2, 0.25) is 0 Å². The second-order valence-corrected chi connectivity index (χ2v) is 5.44. The van der Waals surface area contributed by atoms with Crippen molar-refractivity contribution in [1.29, 1.82) is 0 Å². The van der Waals surface area contributed by atoms with Gasteiger partial charge in [-0.2, -0.15) is 0 Å². The van der Waals surface area contributed by atoms with Crippen LogP contribution in [0.1, 0.15) is 15.9 Å². The Kier molecular flexibility index (Phi) is 4.19. The molecule has 0 radical (unpaired) electrons. The van der Waals surface area contributed by atoms with E-state index in [-0.39, 0.29) is 27.7 Å². The third-order valence-corrected chi connectivity index (χ3v) is 4.03. The summed E-state index contributed by atoms with van der Waals surface area (Å²) in [5.74, 6) is 0.154. The average molecular weight is 340 g/mol. The first-order chi connectivity index (χ1) is 12.0. The molecule has 1 heterocycles. The topological polar surface area (TPSA) is 86.0 Å². The summed E-state index contributed by atoms with van der Waals surface area (Å²) in [5, 5.41) is 9.60. The number of benzene rings is 2. The van der Waals surface area contributed by atoms with Crippen molar-refractivity contribution < 1.29 is 23.8 Å². The van der Waals surface area contributed by atoms with Gasteiger partial charge in [-0.3, -0.25) is 4.79 Å². The molecule has 1 N–H and O–H groups in total. The van der Waals surface area contributed by atoms with Gasteiger partial charge in [0.15, 0.2) is 11.0 Å². The highest BCUT2D eigenvalue weighted by Gasteiger charge is 2.20. The van der Waals surface area contributed by atoms with Gasteiger partial charge < -0.3 is 19.0 Å². The highest BCUT2D eigenvalue weighted by Crippen LogP contribution is 2.36. The molecule has 0 unspecified atom stereocenters. The van der Waals surface area contributed by atoms with E-state index in [9.17, 15) is 14.7 Å². The first kappa shape index (κ1) is 16.6. The molecule has 3 aromatic rings. The number of carbonyl (C=O) groups is 1. The zero-order valence-corrected chi connectivity index (χ0v) is 14.0. The van der Waals surface area contributed by atoms with E-state index in [0.29, 0.717) is 22.6 Å². The molecule has 2 aromatic carbocycles. The number of ether oxygens (including phenoxy) is 2. The molecule has 6 nitrogen and oxygen atoms in total. The van der Waals surface area contributed by atoms with Crippen LogP contribution < -0.4 is 14.9 Å². The van der Waals surface area contributed by atoms with Crippen LogP contribution in [0.5, 0.6) is 11.5 Å². The number of aromatic carboxylic acids is 1. The predicted molar refractivity (Wildman–Crippen MR) is 92.7 cm³/mol. The van der Waals surface area contributed by atoms with Crippen molar-refractivity contribution in [2.45, 2.75) is 6.92 Å². The van der Waals surface area contributed by atoms with Gasteiger partial charge in [-0.25, -0.2) is 4.79 Å². The second-order valence-electron chi connectivity index (χ2n) is 5.44. The van der Waals surface area contributed by atoms with Crippen LogP contribution in [-0.2, 0) is 0 Å². The van der Waals surface area contributed by atoms with Crippen LogP contribution in [0, 0.1) is 6.92 Å². The molecule has 128 valence electrons. The molecule has 0 saturated carbocycles. The number of methoxy groups -OCH3 is 2. The van der Waals surface area contributed by atoms with Gasteiger partial charge in [0.05, 0.1) is 25.2 Å². The van der Waals surface area contributed by atoms with Crippen molar-refractivity contribution >= 4 is 16.9 Å². The van der Waals surface area contributed by atoms with Gasteiger partial charge in [0.2, 0.25) is 0 Å². The fourth-order valence-electron chi connectivity index (χ4n) is 2.72. The molecule has 0 bridgehead atoms. The van der Waals surface area contributed by atoms with E-state index in [1.54, 1.807) is 31.2 Å². The first-order valence-electron chi connectivity index (χ1n) is 7.50. The second kappa shape index (κ2) is 6.32. The first-order valence-corrected chi connectivity index (χ1v) is 7.50. The highest BCUT2D eigenvalue weighted by atomic mass is 16.5. The average Bonchev–Trinajstić information content (AvgIpc) is 2.63. The smallest absolute Gasteiger partial charge is 0.339 e. The zero-order chi connectivity index (χ0) is 18.1. The van der Waals surface area contributed by atoms with Crippen LogP contribution in [-0.4, -0.2) is 25.3 Å². The summed E-state index contributed by atoms with van der Waals surface area (Å²) >= 11 is 0. The molecular weight excluding hydrogens is 324 g/mol. The number of hydrogen-bond acceptors (Lipinski definition) is 5. The maximum atomic E-state index is 12.7. The molecule has 0 aliphatic rings. The van der Waals surface area contributed by atoms with E-state index in [2.05, 4.69) is 0 Å². The molecule has 0 spiro atoms. The Bertz CT molecular complexity index is 1030. The maximum Gasteiger partial charge on any atom is 0.339 e. The van der Waals surface area contributed by atoms with Gasteiger partial charge in [0, 0.05) is 11.6 Å². The summed E-state index contributed by atoms with van der Waals surface area (Å²) in [6, 6.07) is 9.56. The van der Waals surface area contributed by atoms with Gasteiger partial charge in [-0.15, -0.1) is 0 Å². The minimum atomic E-state index is -1.16. The van der Waals surface area contributed by atoms with Crippen molar-refractivity contribution in [3.8, 4) is 22.8 Å². The Labute approximate surface area is 143 Å². The summed E-state index contributed by atoms with van der Waals surface area (Å²) in [7, 11) is 3.03. The van der Waals surface area contributed by atoms with Crippen molar-refractivity contribution in [3.63, 3.8) is 0 Å². The van der Waals surface area contributed by atoms with E-state index in [1.807, 2.05) is 0 Å². The van der Waals surface area contributed by atoms with Crippen molar-refractivity contribution in [2.24, 2.45) is 0 Å². The summed E-state index contributed by atoms with van der Waals surface area (Å²) in [6.45, 7) is 1.64. The Morgan fingerprint density at radius 3 is 2.52 bits per heavy atom. The minimum absolute atomic E-state index is 0.0403. The van der Waals surface area contributed by atoms with Gasteiger partial charge in [0.25, 0.3) is 0 Å². The van der Waals surface area contributed by atoms with Crippen molar-refractivity contribution in [3.05, 3.63) is 57.7 Å². The fraction of sp³-hybridized carbons (Fsp3) is 0.158. The van der Waals surface area contributed by atoms with Crippen molar-refractivity contribution in [1.82, 2.24) is 0 Å². The number of para-hydroxylation sites is 1. The van der Waals surface area contributed by atoms with E-state index in [4.69, 9.17) is 13.9 Å². The van der Waals surface area contributed by atoms with Crippen LogP contribution >= 0.6 is 0 Å². The molecule has 25 heavy (non-hydrogen) atoms. The minimum Gasteiger partial charge on any atom is -0.497 e. The molecule has 1 aromatic heterocycles. The Morgan fingerprint density at radius 2 is 1.88 bits per heavy atom. The summed E-state index contributed by atoms with van der Waals surface area (Å²) in [5.41, 5.74) is 0.609. The molecule has 0 fully saturated rings. The third kappa shape index (κ3) is 2.71. The summed E-state index contributed by atoms with van der Waals surface area (Å²) in [4.78, 5) is 24.2. The number of hydrogen-bond donors (Lipinski definition) is 1. The Balaban J connectivity index is 2.38. The Hall–Kier alpha value is -3.28. The quantitative estimate of drug-likeness (QED) is 0.782. The molecule has 0 aliphatic carbocycles. The number of fused-ring (bicyclic) bond motifs is 1. The lowest BCUT2D eigenvalue weighted by molar-refractivity contribution is 0.0698. The van der Waals surface area contributed by atoms with Crippen LogP contribution in [0.15, 0.2) is 45.6 Å². The molecule has 6 heteroatoms. The lowest BCUT2D eigenvalue weighted by Crippen LogP contribution is -2.10. The SMILES string of the molecule is COc1ccc(-c2oc3c(C(=O)O)cccc3c(=O)c2C)c(OC)c1. The Morgan fingerprint density at radius 1 is 1.12 bits per heavy atom. The lowest BCUT2D eigenvalue weighted by Gasteiger charge is -2.13. The van der Waals surface area contributed by atoms with Crippen molar-refractivity contribution in [2.75, 3.05) is 14.2 Å². The van der Waals surface area contributed by atoms with Gasteiger partial charge >= 0.3 is 5.97 Å². The molecule has 3 rings (SSSR count). The number of carboxylic acids is 1. The van der Waals surface area contributed by atoms with E-state index in [1.165, 1.54) is 26.4 Å². The molecular formula is C19H16O6. The molecule has 0 atom stereocenters. The van der Waals surface area contributed by atoms with Gasteiger partial charge in [-0.05, 0) is 31.2 Å². The monoisotopic (exact) mass is 340 g/mol. The summed E-state index contributed by atoms with van der Waals surface area (Å²) in [6.07, 6.45) is 0. The number of carboxylic acid groups (broad SMARTS) is 1. The fourth-order valence-corrected chi connectivity index (χ4v) is 2.72. The maximum absolute atomic E-state index is 12.7. The van der Waals surface area contributed by atoms with Gasteiger partial charge in [0.1, 0.15) is 22.8 Å².